The molecule has 6 nitrogen and oxygen atoms in total. The molecule has 128 valence electrons. The standard InChI is InChI=1S/C17H26N2O4/c1-5-22-15(20)14(19-16(21)23-17(2,3)4)11-10-12-8-6-7-9-13(12)18/h6-9,14H,5,10-11,18H2,1-4H3,(H,19,21). The van der Waals surface area contributed by atoms with E-state index in [1.54, 1.807) is 33.8 Å². The highest BCUT2D eigenvalue weighted by Gasteiger charge is 2.25. The van der Waals surface area contributed by atoms with Crippen LogP contribution in [0.5, 0.6) is 0 Å². The molecule has 1 unspecified atom stereocenters. The second-order valence-corrected chi connectivity index (χ2v) is 6.19. The lowest BCUT2D eigenvalue weighted by Gasteiger charge is -2.23. The molecule has 0 saturated heterocycles. The maximum atomic E-state index is 12.0. The van der Waals surface area contributed by atoms with Crippen molar-refractivity contribution in [3.8, 4) is 0 Å². The molecule has 0 spiro atoms. The van der Waals surface area contributed by atoms with Gasteiger partial charge in [-0.25, -0.2) is 9.59 Å². The molecule has 0 saturated carbocycles. The number of nitrogens with two attached hydrogens (primary N) is 1. The molecule has 3 N–H and O–H groups in total. The number of alkyl carbamates (subject to hydrolysis) is 1. The highest BCUT2D eigenvalue weighted by molar-refractivity contribution is 5.81. The Morgan fingerprint density at radius 3 is 2.48 bits per heavy atom. The predicted octanol–water partition coefficient (Wildman–Crippen LogP) is 2.66. The third kappa shape index (κ3) is 7.04. The topological polar surface area (TPSA) is 90.6 Å². The average Bonchev–Trinajstić information content (AvgIpc) is 2.43. The van der Waals surface area contributed by atoms with Crippen LogP contribution in [0.15, 0.2) is 24.3 Å². The van der Waals surface area contributed by atoms with Crippen molar-refractivity contribution in [2.24, 2.45) is 0 Å². The Kier molecular flexibility index (Phi) is 6.88. The van der Waals surface area contributed by atoms with Crippen molar-refractivity contribution in [3.63, 3.8) is 0 Å². The molecule has 1 amide bonds. The van der Waals surface area contributed by atoms with Crippen molar-refractivity contribution in [2.45, 2.75) is 52.2 Å². The summed E-state index contributed by atoms with van der Waals surface area (Å²) in [7, 11) is 0. The van der Waals surface area contributed by atoms with Crippen LogP contribution >= 0.6 is 0 Å². The second-order valence-electron chi connectivity index (χ2n) is 6.19. The zero-order valence-corrected chi connectivity index (χ0v) is 14.2. The van der Waals surface area contributed by atoms with E-state index in [9.17, 15) is 9.59 Å². The zero-order chi connectivity index (χ0) is 17.5. The van der Waals surface area contributed by atoms with E-state index in [-0.39, 0.29) is 6.61 Å². The Labute approximate surface area is 137 Å². The number of rotatable bonds is 6. The molecule has 0 heterocycles. The normalized spacial score (nSPS) is 12.3. The van der Waals surface area contributed by atoms with Gasteiger partial charge in [-0.1, -0.05) is 18.2 Å². The van der Waals surface area contributed by atoms with Crippen molar-refractivity contribution in [2.75, 3.05) is 12.3 Å². The number of amides is 1. The summed E-state index contributed by atoms with van der Waals surface area (Å²) in [5, 5.41) is 2.57. The van der Waals surface area contributed by atoms with Crippen molar-refractivity contribution in [1.82, 2.24) is 5.32 Å². The van der Waals surface area contributed by atoms with Crippen LogP contribution in [-0.2, 0) is 20.7 Å². The van der Waals surface area contributed by atoms with Crippen LogP contribution in [0.4, 0.5) is 10.5 Å². The van der Waals surface area contributed by atoms with Gasteiger partial charge in [0, 0.05) is 5.69 Å². The highest BCUT2D eigenvalue weighted by atomic mass is 16.6. The minimum absolute atomic E-state index is 0.249. The molecule has 0 aromatic heterocycles. The summed E-state index contributed by atoms with van der Waals surface area (Å²) in [5.41, 5.74) is 6.85. The van der Waals surface area contributed by atoms with E-state index < -0.39 is 23.7 Å². The van der Waals surface area contributed by atoms with Gasteiger partial charge in [0.05, 0.1) is 6.61 Å². The smallest absolute Gasteiger partial charge is 0.408 e. The molecular formula is C17H26N2O4. The lowest BCUT2D eigenvalue weighted by Crippen LogP contribution is -2.44. The first-order valence-corrected chi connectivity index (χ1v) is 7.72. The van der Waals surface area contributed by atoms with Gasteiger partial charge >= 0.3 is 12.1 Å². The van der Waals surface area contributed by atoms with Gasteiger partial charge in [-0.2, -0.15) is 0 Å². The van der Waals surface area contributed by atoms with E-state index >= 15 is 0 Å². The highest BCUT2D eigenvalue weighted by Crippen LogP contribution is 2.15. The summed E-state index contributed by atoms with van der Waals surface area (Å²) < 4.78 is 10.2. The molecule has 0 aliphatic heterocycles. The van der Waals surface area contributed by atoms with Crippen molar-refractivity contribution in [1.29, 1.82) is 0 Å². The van der Waals surface area contributed by atoms with Crippen LogP contribution in [-0.4, -0.2) is 30.3 Å². The number of benzene rings is 1. The molecule has 1 aromatic carbocycles. The van der Waals surface area contributed by atoms with E-state index in [2.05, 4.69) is 5.32 Å². The van der Waals surface area contributed by atoms with Crippen LogP contribution < -0.4 is 11.1 Å². The van der Waals surface area contributed by atoms with Crippen LogP contribution in [0.2, 0.25) is 0 Å². The van der Waals surface area contributed by atoms with E-state index in [4.69, 9.17) is 15.2 Å². The zero-order valence-electron chi connectivity index (χ0n) is 14.2. The SMILES string of the molecule is CCOC(=O)C(CCc1ccccc1N)NC(=O)OC(C)(C)C. The van der Waals surface area contributed by atoms with E-state index in [1.807, 2.05) is 18.2 Å². The number of carbonyl (C=O) groups is 2. The first-order chi connectivity index (χ1) is 10.7. The number of anilines is 1. The summed E-state index contributed by atoms with van der Waals surface area (Å²) in [4.78, 5) is 23.9. The summed E-state index contributed by atoms with van der Waals surface area (Å²) in [5.74, 6) is -0.479. The van der Waals surface area contributed by atoms with Crippen molar-refractivity contribution < 1.29 is 19.1 Å². The molecule has 23 heavy (non-hydrogen) atoms. The minimum atomic E-state index is -0.774. The van der Waals surface area contributed by atoms with Gasteiger partial charge in [0.2, 0.25) is 0 Å². The number of nitrogen functional groups attached to an aromatic ring is 1. The van der Waals surface area contributed by atoms with Crippen molar-refractivity contribution >= 4 is 17.7 Å². The van der Waals surface area contributed by atoms with Crippen LogP contribution in [0, 0.1) is 0 Å². The number of esters is 1. The Bertz CT molecular complexity index is 538. The second kappa shape index (κ2) is 8.41. The van der Waals surface area contributed by atoms with Crippen LogP contribution in [0.25, 0.3) is 0 Å². The van der Waals surface area contributed by atoms with Gasteiger partial charge < -0.3 is 20.5 Å². The van der Waals surface area contributed by atoms with Crippen LogP contribution in [0.3, 0.4) is 0 Å². The van der Waals surface area contributed by atoms with E-state index in [1.165, 1.54) is 0 Å². The Morgan fingerprint density at radius 2 is 1.91 bits per heavy atom. The Hall–Kier alpha value is -2.24. The fraction of sp³-hybridized carbons (Fsp3) is 0.529. The van der Waals surface area contributed by atoms with Crippen molar-refractivity contribution in [3.05, 3.63) is 29.8 Å². The quantitative estimate of drug-likeness (QED) is 0.620. The summed E-state index contributed by atoms with van der Waals surface area (Å²) in [6.07, 6.45) is 0.287. The minimum Gasteiger partial charge on any atom is -0.464 e. The number of hydrogen-bond donors (Lipinski definition) is 2. The molecule has 1 rings (SSSR count). The third-order valence-corrected chi connectivity index (χ3v) is 3.02. The van der Waals surface area contributed by atoms with E-state index in [0.29, 0.717) is 18.5 Å². The first-order valence-electron chi connectivity index (χ1n) is 7.72. The maximum absolute atomic E-state index is 12.0. The molecule has 6 heteroatoms. The van der Waals surface area contributed by atoms with Gasteiger partial charge in [-0.3, -0.25) is 0 Å². The van der Waals surface area contributed by atoms with Gasteiger partial charge in [0.1, 0.15) is 11.6 Å². The molecule has 0 bridgehead atoms. The summed E-state index contributed by atoms with van der Waals surface area (Å²) in [6, 6.07) is 6.65. The molecular weight excluding hydrogens is 296 g/mol. The number of carbonyl (C=O) groups excluding carboxylic acids is 2. The Balaban J connectivity index is 2.71. The lowest BCUT2D eigenvalue weighted by molar-refractivity contribution is -0.145. The first kappa shape index (κ1) is 18.8. The third-order valence-electron chi connectivity index (χ3n) is 3.02. The number of aryl methyl sites for hydroxylation is 1. The molecule has 1 aromatic rings. The molecule has 0 aliphatic rings. The largest absolute Gasteiger partial charge is 0.464 e. The van der Waals surface area contributed by atoms with Gasteiger partial charge in [-0.15, -0.1) is 0 Å². The Morgan fingerprint density at radius 1 is 1.26 bits per heavy atom. The number of ether oxygens (including phenoxy) is 2. The maximum Gasteiger partial charge on any atom is 0.408 e. The van der Waals surface area contributed by atoms with Gasteiger partial charge in [-0.05, 0) is 52.2 Å². The lowest BCUT2D eigenvalue weighted by atomic mass is 10.0. The van der Waals surface area contributed by atoms with Crippen LogP contribution in [0.1, 0.15) is 39.7 Å². The average molecular weight is 322 g/mol. The monoisotopic (exact) mass is 322 g/mol. The summed E-state index contributed by atoms with van der Waals surface area (Å²) >= 11 is 0. The molecule has 0 radical (unpaired) electrons. The number of nitrogens with one attached hydrogen (secondary N) is 1. The fourth-order valence-corrected chi connectivity index (χ4v) is 2.00. The molecule has 0 fully saturated rings. The predicted molar refractivity (Wildman–Crippen MR) is 89.0 cm³/mol. The number of hydrogen-bond acceptors (Lipinski definition) is 5. The van der Waals surface area contributed by atoms with E-state index in [0.717, 1.165) is 5.56 Å². The molecule has 0 aliphatic carbocycles. The van der Waals surface area contributed by atoms with Gasteiger partial charge in [0.25, 0.3) is 0 Å². The molecule has 1 atom stereocenters. The summed E-state index contributed by atoms with van der Waals surface area (Å²) in [6.45, 7) is 7.25. The number of para-hydroxylation sites is 1. The fourth-order valence-electron chi connectivity index (χ4n) is 2.00. The van der Waals surface area contributed by atoms with Gasteiger partial charge in [0.15, 0.2) is 0 Å².